The van der Waals surface area contributed by atoms with Crippen LogP contribution < -0.4 is 0 Å². The minimum atomic E-state index is -0.298. The number of hydrogen-bond acceptors (Lipinski definition) is 4. The zero-order chi connectivity index (χ0) is 15.2. The molecule has 2 atom stereocenters. The monoisotopic (exact) mass is 290 g/mol. The summed E-state index contributed by atoms with van der Waals surface area (Å²) in [6, 6.07) is 10.0. The topological polar surface area (TPSA) is 32.8 Å². The van der Waals surface area contributed by atoms with Crippen LogP contribution in [-0.4, -0.2) is 55.1 Å². The highest BCUT2D eigenvalue weighted by Gasteiger charge is 2.33. The normalized spacial score (nSPS) is 22.5. The summed E-state index contributed by atoms with van der Waals surface area (Å²) in [6.45, 7) is 7.44. The van der Waals surface area contributed by atoms with Gasteiger partial charge in [-0.15, -0.1) is 0 Å². The molecule has 4 nitrogen and oxygen atoms in total. The van der Waals surface area contributed by atoms with Gasteiger partial charge in [0.15, 0.2) is 0 Å². The van der Waals surface area contributed by atoms with Gasteiger partial charge in [0, 0.05) is 19.1 Å². The van der Waals surface area contributed by atoms with E-state index in [1.54, 1.807) is 0 Å². The standard InChI is InChI=1S/C17H26N2O2/c1-4-21-17(20)16(15-9-6-5-7-10-15)19-12-8-11-18(3)13-14(19)2/h5-7,9-10,14,16H,4,8,11-13H2,1-3H3. The van der Waals surface area contributed by atoms with E-state index in [1.807, 2.05) is 37.3 Å². The zero-order valence-corrected chi connectivity index (χ0v) is 13.3. The Morgan fingerprint density at radius 3 is 2.71 bits per heavy atom. The van der Waals surface area contributed by atoms with Crippen LogP contribution >= 0.6 is 0 Å². The van der Waals surface area contributed by atoms with E-state index in [1.165, 1.54) is 0 Å². The number of benzene rings is 1. The van der Waals surface area contributed by atoms with Crippen molar-refractivity contribution >= 4 is 5.97 Å². The Hall–Kier alpha value is -1.39. The molecule has 1 aromatic carbocycles. The minimum absolute atomic E-state index is 0.139. The number of esters is 1. The molecule has 1 heterocycles. The molecule has 1 aliphatic heterocycles. The van der Waals surface area contributed by atoms with E-state index >= 15 is 0 Å². The highest BCUT2D eigenvalue weighted by atomic mass is 16.5. The van der Waals surface area contributed by atoms with Crippen LogP contribution in [-0.2, 0) is 9.53 Å². The van der Waals surface area contributed by atoms with Gasteiger partial charge in [-0.1, -0.05) is 30.3 Å². The molecule has 1 aromatic rings. The molecule has 0 amide bonds. The van der Waals surface area contributed by atoms with Gasteiger partial charge in [-0.2, -0.15) is 0 Å². The van der Waals surface area contributed by atoms with E-state index in [0.29, 0.717) is 12.6 Å². The maximum Gasteiger partial charge on any atom is 0.328 e. The summed E-state index contributed by atoms with van der Waals surface area (Å²) in [5.41, 5.74) is 1.02. The fraction of sp³-hybridized carbons (Fsp3) is 0.588. The van der Waals surface area contributed by atoms with Gasteiger partial charge in [-0.25, -0.2) is 4.79 Å². The summed E-state index contributed by atoms with van der Waals surface area (Å²) in [5.74, 6) is -0.139. The predicted molar refractivity (Wildman–Crippen MR) is 84.1 cm³/mol. The number of carbonyl (C=O) groups excluding carboxylic acids is 1. The second-order valence-corrected chi connectivity index (χ2v) is 5.77. The molecule has 2 unspecified atom stereocenters. The second-order valence-electron chi connectivity index (χ2n) is 5.77. The van der Waals surface area contributed by atoms with E-state index in [0.717, 1.165) is 31.6 Å². The Morgan fingerprint density at radius 1 is 1.33 bits per heavy atom. The van der Waals surface area contributed by atoms with Crippen molar-refractivity contribution in [2.75, 3.05) is 33.3 Å². The van der Waals surface area contributed by atoms with E-state index in [-0.39, 0.29) is 12.0 Å². The number of rotatable bonds is 4. The van der Waals surface area contributed by atoms with Gasteiger partial charge >= 0.3 is 5.97 Å². The summed E-state index contributed by atoms with van der Waals surface area (Å²) in [4.78, 5) is 17.1. The molecule has 0 N–H and O–H groups in total. The van der Waals surface area contributed by atoms with Crippen molar-refractivity contribution in [2.45, 2.75) is 32.4 Å². The van der Waals surface area contributed by atoms with Gasteiger partial charge in [0.1, 0.15) is 6.04 Å². The van der Waals surface area contributed by atoms with Gasteiger partial charge in [0.2, 0.25) is 0 Å². The van der Waals surface area contributed by atoms with Gasteiger partial charge in [-0.05, 0) is 39.4 Å². The maximum absolute atomic E-state index is 12.5. The molecule has 0 aromatic heterocycles. The zero-order valence-electron chi connectivity index (χ0n) is 13.3. The molecular weight excluding hydrogens is 264 g/mol. The van der Waals surface area contributed by atoms with Crippen LogP contribution in [0.4, 0.5) is 0 Å². The minimum Gasteiger partial charge on any atom is -0.465 e. The molecule has 0 radical (unpaired) electrons. The first-order chi connectivity index (χ1) is 10.1. The molecule has 1 saturated heterocycles. The molecule has 0 spiro atoms. The third kappa shape index (κ3) is 4.05. The van der Waals surface area contributed by atoms with Crippen molar-refractivity contribution < 1.29 is 9.53 Å². The Bertz CT molecular complexity index is 449. The van der Waals surface area contributed by atoms with Crippen LogP contribution in [0.5, 0.6) is 0 Å². The lowest BCUT2D eigenvalue weighted by molar-refractivity contribution is -0.150. The molecule has 1 fully saturated rings. The summed E-state index contributed by atoms with van der Waals surface area (Å²) >= 11 is 0. The van der Waals surface area contributed by atoms with Gasteiger partial charge in [0.25, 0.3) is 0 Å². The molecule has 4 heteroatoms. The lowest BCUT2D eigenvalue weighted by atomic mass is 10.0. The van der Waals surface area contributed by atoms with Crippen molar-refractivity contribution in [2.24, 2.45) is 0 Å². The number of hydrogen-bond donors (Lipinski definition) is 0. The molecule has 0 bridgehead atoms. The van der Waals surface area contributed by atoms with Gasteiger partial charge in [0.05, 0.1) is 6.61 Å². The van der Waals surface area contributed by atoms with Crippen LogP contribution in [0.15, 0.2) is 30.3 Å². The van der Waals surface area contributed by atoms with E-state index < -0.39 is 0 Å². The Labute approximate surface area is 127 Å². The summed E-state index contributed by atoms with van der Waals surface area (Å²) < 4.78 is 5.33. The Kier molecular flexibility index (Phi) is 5.76. The first-order valence-electron chi connectivity index (χ1n) is 7.79. The molecule has 0 saturated carbocycles. The lowest BCUT2D eigenvalue weighted by Crippen LogP contribution is -2.43. The van der Waals surface area contributed by atoms with Crippen LogP contribution in [0.1, 0.15) is 31.9 Å². The van der Waals surface area contributed by atoms with Crippen LogP contribution in [0.3, 0.4) is 0 Å². The number of carbonyl (C=O) groups is 1. The van der Waals surface area contributed by atoms with Crippen molar-refractivity contribution in [1.82, 2.24) is 9.80 Å². The third-order valence-corrected chi connectivity index (χ3v) is 4.06. The fourth-order valence-electron chi connectivity index (χ4n) is 3.09. The van der Waals surface area contributed by atoms with Crippen molar-refractivity contribution in [3.8, 4) is 0 Å². The molecule has 0 aliphatic carbocycles. The third-order valence-electron chi connectivity index (χ3n) is 4.06. The molecule has 2 rings (SSSR count). The highest BCUT2D eigenvalue weighted by Crippen LogP contribution is 2.26. The Balaban J connectivity index is 2.28. The highest BCUT2D eigenvalue weighted by molar-refractivity contribution is 5.77. The number of nitrogens with zero attached hydrogens (tertiary/aromatic N) is 2. The van der Waals surface area contributed by atoms with E-state index in [4.69, 9.17) is 4.74 Å². The fourth-order valence-corrected chi connectivity index (χ4v) is 3.09. The average Bonchev–Trinajstić information content (AvgIpc) is 2.62. The first-order valence-corrected chi connectivity index (χ1v) is 7.79. The number of ether oxygens (including phenoxy) is 1. The largest absolute Gasteiger partial charge is 0.465 e. The smallest absolute Gasteiger partial charge is 0.328 e. The Morgan fingerprint density at radius 2 is 2.05 bits per heavy atom. The van der Waals surface area contributed by atoms with Crippen molar-refractivity contribution in [3.63, 3.8) is 0 Å². The van der Waals surface area contributed by atoms with Crippen molar-refractivity contribution in [3.05, 3.63) is 35.9 Å². The average molecular weight is 290 g/mol. The van der Waals surface area contributed by atoms with E-state index in [2.05, 4.69) is 23.8 Å². The molecule has 1 aliphatic rings. The molecular formula is C17H26N2O2. The van der Waals surface area contributed by atoms with Crippen LogP contribution in [0, 0.1) is 0 Å². The number of likely N-dealkylation sites (N-methyl/N-ethyl adjacent to an activating group) is 1. The SMILES string of the molecule is CCOC(=O)C(c1ccccc1)N1CCCN(C)CC1C. The maximum atomic E-state index is 12.5. The van der Waals surface area contributed by atoms with Crippen molar-refractivity contribution in [1.29, 1.82) is 0 Å². The predicted octanol–water partition coefficient (Wildman–Crippen LogP) is 2.32. The molecule has 116 valence electrons. The quantitative estimate of drug-likeness (QED) is 0.797. The van der Waals surface area contributed by atoms with Crippen LogP contribution in [0.25, 0.3) is 0 Å². The first kappa shape index (κ1) is 16.0. The molecule has 21 heavy (non-hydrogen) atoms. The van der Waals surface area contributed by atoms with Crippen LogP contribution in [0.2, 0.25) is 0 Å². The summed E-state index contributed by atoms with van der Waals surface area (Å²) in [5, 5.41) is 0. The van der Waals surface area contributed by atoms with E-state index in [9.17, 15) is 4.79 Å². The summed E-state index contributed by atoms with van der Waals surface area (Å²) in [6.07, 6.45) is 1.07. The lowest BCUT2D eigenvalue weighted by Gasteiger charge is -2.34. The summed E-state index contributed by atoms with van der Waals surface area (Å²) in [7, 11) is 2.14. The van der Waals surface area contributed by atoms with Gasteiger partial charge < -0.3 is 9.64 Å². The van der Waals surface area contributed by atoms with Gasteiger partial charge in [-0.3, -0.25) is 4.90 Å². The second kappa shape index (κ2) is 7.57.